The zero-order chi connectivity index (χ0) is 13.6. The molecule has 0 saturated heterocycles. The van der Waals surface area contributed by atoms with Gasteiger partial charge in [0.25, 0.3) is 0 Å². The molecule has 0 rings (SSSR count). The van der Waals surface area contributed by atoms with Gasteiger partial charge in [-0.25, -0.2) is 0 Å². The van der Waals surface area contributed by atoms with E-state index in [-0.39, 0.29) is 5.92 Å². The van der Waals surface area contributed by atoms with Gasteiger partial charge in [-0.2, -0.15) is 0 Å². The normalized spacial score (nSPS) is 12.6. The van der Waals surface area contributed by atoms with Crippen molar-refractivity contribution in [3.05, 3.63) is 0 Å². The lowest BCUT2D eigenvalue weighted by Gasteiger charge is -2.10. The fraction of sp³-hybridized carbons (Fsp3) is 0.938. The van der Waals surface area contributed by atoms with Crippen molar-refractivity contribution in [2.24, 2.45) is 5.92 Å². The Morgan fingerprint density at radius 3 is 2.06 bits per heavy atom. The lowest BCUT2D eigenvalue weighted by molar-refractivity contribution is -0.122. The molecular formula is C16H33NO. The number of nitrogens with one attached hydrogen (secondary N) is 1. The number of carbonyl (C=O) groups is 1. The molecule has 0 radical (unpaired) electrons. The number of Topliss-reactive ketones (excluding diaryl/α,β-unsaturated/α-hetero) is 1. The highest BCUT2D eigenvalue weighted by Gasteiger charge is 2.11. The maximum absolute atomic E-state index is 11.8. The van der Waals surface area contributed by atoms with Gasteiger partial charge < -0.3 is 5.32 Å². The lowest BCUT2D eigenvalue weighted by Crippen LogP contribution is -2.26. The van der Waals surface area contributed by atoms with Crippen LogP contribution in [-0.2, 0) is 4.79 Å². The largest absolute Gasteiger partial charge is 0.316 e. The Morgan fingerprint density at radius 1 is 0.944 bits per heavy atom. The van der Waals surface area contributed by atoms with Gasteiger partial charge >= 0.3 is 0 Å². The molecule has 0 aromatic carbocycles. The summed E-state index contributed by atoms with van der Waals surface area (Å²) in [6, 6.07) is 0. The first-order valence-electron chi connectivity index (χ1n) is 7.95. The smallest absolute Gasteiger partial charge is 0.136 e. The van der Waals surface area contributed by atoms with Gasteiger partial charge in [0.05, 0.1) is 0 Å². The van der Waals surface area contributed by atoms with E-state index in [2.05, 4.69) is 19.2 Å². The fourth-order valence-corrected chi connectivity index (χ4v) is 2.15. The van der Waals surface area contributed by atoms with Crippen LogP contribution in [-0.4, -0.2) is 18.9 Å². The van der Waals surface area contributed by atoms with E-state index >= 15 is 0 Å². The van der Waals surface area contributed by atoms with Crippen molar-refractivity contribution in [2.45, 2.75) is 78.6 Å². The van der Waals surface area contributed by atoms with Crippen molar-refractivity contribution in [3.8, 4) is 0 Å². The summed E-state index contributed by atoms with van der Waals surface area (Å²) < 4.78 is 0. The molecule has 0 spiro atoms. The zero-order valence-corrected chi connectivity index (χ0v) is 12.8. The topological polar surface area (TPSA) is 29.1 Å². The van der Waals surface area contributed by atoms with Crippen LogP contribution in [0, 0.1) is 5.92 Å². The molecule has 108 valence electrons. The van der Waals surface area contributed by atoms with Gasteiger partial charge in [-0.15, -0.1) is 0 Å². The van der Waals surface area contributed by atoms with Gasteiger partial charge in [-0.1, -0.05) is 65.7 Å². The molecule has 0 saturated carbocycles. The molecule has 1 N–H and O–H groups in total. The molecule has 0 amide bonds. The van der Waals surface area contributed by atoms with Crippen LogP contribution in [0.3, 0.4) is 0 Å². The van der Waals surface area contributed by atoms with Crippen LogP contribution < -0.4 is 5.32 Å². The second-order valence-electron chi connectivity index (χ2n) is 5.40. The Kier molecular flexibility index (Phi) is 12.8. The van der Waals surface area contributed by atoms with Crippen LogP contribution in [0.15, 0.2) is 0 Å². The average molecular weight is 255 g/mol. The number of hydrogen-bond donors (Lipinski definition) is 1. The number of rotatable bonds is 13. The van der Waals surface area contributed by atoms with E-state index in [1.165, 1.54) is 44.9 Å². The predicted molar refractivity (Wildman–Crippen MR) is 79.9 cm³/mol. The molecule has 1 unspecified atom stereocenters. The van der Waals surface area contributed by atoms with Crippen molar-refractivity contribution in [1.29, 1.82) is 0 Å². The van der Waals surface area contributed by atoms with Gasteiger partial charge in [0, 0.05) is 18.9 Å². The number of unbranched alkanes of at least 4 members (excludes halogenated alkanes) is 7. The van der Waals surface area contributed by atoms with Crippen LogP contribution in [0.25, 0.3) is 0 Å². The van der Waals surface area contributed by atoms with E-state index < -0.39 is 0 Å². The minimum atomic E-state index is 0.189. The summed E-state index contributed by atoms with van der Waals surface area (Å²) in [5.74, 6) is 0.622. The second kappa shape index (κ2) is 13.1. The molecule has 0 aromatic rings. The highest BCUT2D eigenvalue weighted by molar-refractivity contribution is 5.80. The highest BCUT2D eigenvalue weighted by Crippen LogP contribution is 2.11. The van der Waals surface area contributed by atoms with E-state index in [0.717, 1.165) is 25.9 Å². The molecule has 0 heterocycles. The van der Waals surface area contributed by atoms with Crippen molar-refractivity contribution in [2.75, 3.05) is 13.1 Å². The van der Waals surface area contributed by atoms with Crippen LogP contribution >= 0.6 is 0 Å². The fourth-order valence-electron chi connectivity index (χ4n) is 2.15. The summed E-state index contributed by atoms with van der Waals surface area (Å²) in [6.07, 6.45) is 11.2. The maximum atomic E-state index is 11.8. The van der Waals surface area contributed by atoms with Gasteiger partial charge in [0.1, 0.15) is 5.78 Å². The summed E-state index contributed by atoms with van der Waals surface area (Å²) in [7, 11) is 0. The van der Waals surface area contributed by atoms with E-state index in [4.69, 9.17) is 0 Å². The molecule has 1 atom stereocenters. The molecule has 0 fully saturated rings. The Morgan fingerprint density at radius 2 is 1.50 bits per heavy atom. The van der Waals surface area contributed by atoms with Gasteiger partial charge in [0.15, 0.2) is 0 Å². The minimum Gasteiger partial charge on any atom is -0.316 e. The first-order valence-corrected chi connectivity index (χ1v) is 7.95. The second-order valence-corrected chi connectivity index (χ2v) is 5.40. The number of hydrogen-bond acceptors (Lipinski definition) is 2. The van der Waals surface area contributed by atoms with Crippen molar-refractivity contribution >= 4 is 5.78 Å². The SMILES string of the molecule is CCCCCCCCCCC(=O)C(C)CNCC. The number of ketones is 1. The molecule has 0 aliphatic heterocycles. The molecule has 0 aromatic heterocycles. The molecule has 2 nitrogen and oxygen atoms in total. The maximum Gasteiger partial charge on any atom is 0.136 e. The van der Waals surface area contributed by atoms with Gasteiger partial charge in [-0.3, -0.25) is 4.79 Å². The monoisotopic (exact) mass is 255 g/mol. The standard InChI is InChI=1S/C16H33NO/c1-4-6-7-8-9-10-11-12-13-16(18)15(3)14-17-5-2/h15,17H,4-14H2,1-3H3. The first kappa shape index (κ1) is 17.6. The third kappa shape index (κ3) is 10.8. The van der Waals surface area contributed by atoms with Gasteiger partial charge in [0.2, 0.25) is 0 Å². The van der Waals surface area contributed by atoms with Crippen LogP contribution in [0.2, 0.25) is 0 Å². The quantitative estimate of drug-likeness (QED) is 0.496. The Balaban J connectivity index is 3.29. The molecule has 0 bridgehead atoms. The summed E-state index contributed by atoms with van der Waals surface area (Å²) in [5, 5.41) is 3.24. The molecule has 0 aliphatic rings. The van der Waals surface area contributed by atoms with Crippen LogP contribution in [0.1, 0.15) is 78.6 Å². The van der Waals surface area contributed by atoms with Crippen molar-refractivity contribution in [1.82, 2.24) is 5.32 Å². The minimum absolute atomic E-state index is 0.189. The van der Waals surface area contributed by atoms with Crippen molar-refractivity contribution in [3.63, 3.8) is 0 Å². The Bertz CT molecular complexity index is 192. The Hall–Kier alpha value is -0.370. The number of carbonyl (C=O) groups excluding carboxylic acids is 1. The summed E-state index contributed by atoms with van der Waals surface area (Å²) in [6.45, 7) is 8.16. The lowest BCUT2D eigenvalue weighted by atomic mass is 10.00. The molecule has 2 heteroatoms. The zero-order valence-electron chi connectivity index (χ0n) is 12.8. The van der Waals surface area contributed by atoms with Crippen LogP contribution in [0.4, 0.5) is 0 Å². The predicted octanol–water partition coefficient (Wildman–Crippen LogP) is 4.33. The summed E-state index contributed by atoms with van der Waals surface area (Å²) in [5.41, 5.74) is 0. The van der Waals surface area contributed by atoms with E-state index in [0.29, 0.717) is 5.78 Å². The summed E-state index contributed by atoms with van der Waals surface area (Å²) in [4.78, 5) is 11.8. The molecular weight excluding hydrogens is 222 g/mol. The third-order valence-corrected chi connectivity index (χ3v) is 3.53. The molecule has 0 aliphatic carbocycles. The Labute approximate surface area is 114 Å². The highest BCUT2D eigenvalue weighted by atomic mass is 16.1. The third-order valence-electron chi connectivity index (χ3n) is 3.53. The average Bonchev–Trinajstić information content (AvgIpc) is 2.38. The van der Waals surface area contributed by atoms with Crippen molar-refractivity contribution < 1.29 is 4.79 Å². The first-order chi connectivity index (χ1) is 8.72. The summed E-state index contributed by atoms with van der Waals surface area (Å²) >= 11 is 0. The molecule has 18 heavy (non-hydrogen) atoms. The van der Waals surface area contributed by atoms with Crippen LogP contribution in [0.5, 0.6) is 0 Å². The van der Waals surface area contributed by atoms with E-state index in [9.17, 15) is 4.79 Å². The van der Waals surface area contributed by atoms with E-state index in [1.54, 1.807) is 0 Å². The van der Waals surface area contributed by atoms with Gasteiger partial charge in [-0.05, 0) is 13.0 Å². The van der Waals surface area contributed by atoms with E-state index in [1.807, 2.05) is 6.92 Å².